The Bertz CT molecular complexity index is 399. The Morgan fingerprint density at radius 3 is 2.72 bits per heavy atom. The minimum atomic E-state index is 0.204. The molecule has 0 aromatic carbocycles. The Labute approximate surface area is 118 Å². The molecule has 6 heteroatoms. The first-order valence-electron chi connectivity index (χ1n) is 5.88. The fourth-order valence-electron chi connectivity index (χ4n) is 1.23. The zero-order chi connectivity index (χ0) is 13.6. The lowest BCUT2D eigenvalue weighted by molar-refractivity contribution is 0.664. The Morgan fingerprint density at radius 2 is 2.22 bits per heavy atom. The van der Waals surface area contributed by atoms with Gasteiger partial charge in [-0.05, 0) is 27.0 Å². The Hall–Kier alpha value is -0.750. The zero-order valence-electron chi connectivity index (χ0n) is 11.7. The highest BCUT2D eigenvalue weighted by molar-refractivity contribution is 7.99. The second-order valence-corrected chi connectivity index (χ2v) is 7.44. The second kappa shape index (κ2) is 6.99. The molecule has 0 aliphatic rings. The minimum absolute atomic E-state index is 0.204. The van der Waals surface area contributed by atoms with Crippen LogP contribution in [0.3, 0.4) is 0 Å². The van der Waals surface area contributed by atoms with Crippen molar-refractivity contribution >= 4 is 29.1 Å². The molecule has 0 spiro atoms. The molecule has 2 N–H and O–H groups in total. The quantitative estimate of drug-likeness (QED) is 0.644. The molecular formula is C12H22N4S2. The van der Waals surface area contributed by atoms with Crippen LogP contribution in [0.1, 0.15) is 23.7 Å². The largest absolute Gasteiger partial charge is 0.355 e. The molecule has 0 atom stereocenters. The lowest BCUT2D eigenvalue weighted by Gasteiger charge is -2.23. The van der Waals surface area contributed by atoms with Crippen molar-refractivity contribution in [2.45, 2.75) is 32.1 Å². The van der Waals surface area contributed by atoms with Crippen LogP contribution in [0, 0.1) is 6.92 Å². The summed E-state index contributed by atoms with van der Waals surface area (Å²) >= 11 is 3.55. The number of nitrogens with zero attached hydrogens (tertiary/aromatic N) is 2. The van der Waals surface area contributed by atoms with Crippen LogP contribution in [0.5, 0.6) is 0 Å². The van der Waals surface area contributed by atoms with Gasteiger partial charge in [-0.2, -0.15) is 11.8 Å². The standard InChI is InChI=1S/C12H22N4S2/c1-9-6-14-10(18-9)7-15-11(13-4)16-8-12(2,3)17-5/h6H,7-8H2,1-5H3,(H2,13,15,16). The number of hydrogen-bond acceptors (Lipinski definition) is 4. The van der Waals surface area contributed by atoms with E-state index in [4.69, 9.17) is 0 Å². The molecule has 0 amide bonds. The maximum absolute atomic E-state index is 4.32. The van der Waals surface area contributed by atoms with Gasteiger partial charge in [-0.15, -0.1) is 11.3 Å². The topological polar surface area (TPSA) is 49.3 Å². The third kappa shape index (κ3) is 5.27. The summed E-state index contributed by atoms with van der Waals surface area (Å²) in [5.74, 6) is 0.824. The van der Waals surface area contributed by atoms with Crippen LogP contribution in [-0.4, -0.2) is 35.5 Å². The molecule has 102 valence electrons. The number of aromatic nitrogens is 1. The van der Waals surface area contributed by atoms with Gasteiger partial charge in [0.2, 0.25) is 0 Å². The second-order valence-electron chi connectivity index (χ2n) is 4.61. The average molecular weight is 286 g/mol. The van der Waals surface area contributed by atoms with E-state index in [-0.39, 0.29) is 4.75 Å². The van der Waals surface area contributed by atoms with Gasteiger partial charge in [-0.1, -0.05) is 0 Å². The first kappa shape index (κ1) is 15.3. The summed E-state index contributed by atoms with van der Waals surface area (Å²) in [5.41, 5.74) is 0. The maximum atomic E-state index is 4.32. The number of thiazole rings is 1. The van der Waals surface area contributed by atoms with Crippen LogP contribution in [0.4, 0.5) is 0 Å². The number of guanidine groups is 1. The molecule has 0 radical (unpaired) electrons. The van der Waals surface area contributed by atoms with E-state index < -0.39 is 0 Å². The normalized spacial score (nSPS) is 12.6. The predicted molar refractivity (Wildman–Crippen MR) is 82.6 cm³/mol. The Kier molecular flexibility index (Phi) is 5.95. The third-order valence-corrected chi connectivity index (χ3v) is 4.70. The van der Waals surface area contributed by atoms with Crippen molar-refractivity contribution in [1.29, 1.82) is 0 Å². The lowest BCUT2D eigenvalue weighted by atomic mass is 10.2. The number of thioether (sulfide) groups is 1. The summed E-state index contributed by atoms with van der Waals surface area (Å²) in [5, 5.41) is 7.69. The smallest absolute Gasteiger partial charge is 0.191 e. The van der Waals surface area contributed by atoms with Crippen molar-refractivity contribution in [1.82, 2.24) is 15.6 Å². The highest BCUT2D eigenvalue weighted by Crippen LogP contribution is 2.19. The highest BCUT2D eigenvalue weighted by atomic mass is 32.2. The summed E-state index contributed by atoms with van der Waals surface area (Å²) < 4.78 is 0.204. The average Bonchev–Trinajstić information content (AvgIpc) is 2.75. The van der Waals surface area contributed by atoms with E-state index >= 15 is 0 Å². The molecule has 0 bridgehead atoms. The van der Waals surface area contributed by atoms with Gasteiger partial charge in [-0.3, -0.25) is 4.99 Å². The fourth-order valence-corrected chi connectivity index (χ4v) is 2.18. The van der Waals surface area contributed by atoms with E-state index in [0.717, 1.165) is 24.1 Å². The lowest BCUT2D eigenvalue weighted by Crippen LogP contribution is -2.42. The van der Waals surface area contributed by atoms with Gasteiger partial charge < -0.3 is 10.6 Å². The number of aryl methyl sites for hydroxylation is 1. The van der Waals surface area contributed by atoms with E-state index in [1.54, 1.807) is 18.4 Å². The van der Waals surface area contributed by atoms with E-state index in [1.165, 1.54) is 4.88 Å². The minimum Gasteiger partial charge on any atom is -0.355 e. The summed E-state index contributed by atoms with van der Waals surface area (Å²) in [6, 6.07) is 0. The number of aliphatic imine (C=N–C) groups is 1. The summed E-state index contributed by atoms with van der Waals surface area (Å²) in [4.78, 5) is 9.76. The van der Waals surface area contributed by atoms with Gasteiger partial charge in [0.15, 0.2) is 5.96 Å². The Morgan fingerprint density at radius 1 is 1.50 bits per heavy atom. The molecule has 1 aromatic heterocycles. The van der Waals surface area contributed by atoms with Crippen LogP contribution in [0.25, 0.3) is 0 Å². The maximum Gasteiger partial charge on any atom is 0.191 e. The van der Waals surface area contributed by atoms with Crippen molar-refractivity contribution in [3.05, 3.63) is 16.1 Å². The molecule has 1 rings (SSSR count). The van der Waals surface area contributed by atoms with Crippen molar-refractivity contribution < 1.29 is 0 Å². The van der Waals surface area contributed by atoms with Crippen LogP contribution in [0.2, 0.25) is 0 Å². The number of nitrogens with one attached hydrogen (secondary N) is 2. The van der Waals surface area contributed by atoms with Gasteiger partial charge in [0.25, 0.3) is 0 Å². The van der Waals surface area contributed by atoms with Gasteiger partial charge >= 0.3 is 0 Å². The van der Waals surface area contributed by atoms with Crippen LogP contribution in [-0.2, 0) is 6.54 Å². The molecule has 0 fully saturated rings. The van der Waals surface area contributed by atoms with Crippen LogP contribution in [0.15, 0.2) is 11.2 Å². The summed E-state index contributed by atoms with van der Waals surface area (Å²) in [6.45, 7) is 8.09. The number of hydrogen-bond donors (Lipinski definition) is 2. The SMILES string of the molecule is CN=C(NCc1ncc(C)s1)NCC(C)(C)SC. The monoisotopic (exact) mass is 286 g/mol. The Balaban J connectivity index is 2.39. The molecule has 0 aliphatic heterocycles. The van der Waals surface area contributed by atoms with Gasteiger partial charge in [0.05, 0.1) is 6.54 Å². The molecule has 0 saturated heterocycles. The molecule has 4 nitrogen and oxygen atoms in total. The van der Waals surface area contributed by atoms with E-state index in [0.29, 0.717) is 0 Å². The molecule has 0 saturated carbocycles. The first-order valence-corrected chi connectivity index (χ1v) is 7.92. The van der Waals surface area contributed by atoms with Gasteiger partial charge in [0, 0.05) is 29.4 Å². The van der Waals surface area contributed by atoms with E-state index in [9.17, 15) is 0 Å². The van der Waals surface area contributed by atoms with Crippen molar-refractivity contribution in [2.75, 3.05) is 19.8 Å². The van der Waals surface area contributed by atoms with Gasteiger partial charge in [-0.25, -0.2) is 4.98 Å². The van der Waals surface area contributed by atoms with Gasteiger partial charge in [0.1, 0.15) is 5.01 Å². The summed E-state index contributed by atoms with van der Waals surface area (Å²) in [7, 11) is 1.79. The van der Waals surface area contributed by atoms with Crippen molar-refractivity contribution in [3.63, 3.8) is 0 Å². The van der Waals surface area contributed by atoms with Crippen molar-refractivity contribution in [2.24, 2.45) is 4.99 Å². The fraction of sp³-hybridized carbons (Fsp3) is 0.667. The summed E-state index contributed by atoms with van der Waals surface area (Å²) in [6.07, 6.45) is 4.02. The van der Waals surface area contributed by atoms with E-state index in [1.807, 2.05) is 18.0 Å². The zero-order valence-corrected chi connectivity index (χ0v) is 13.3. The molecule has 0 unspecified atom stereocenters. The first-order chi connectivity index (χ1) is 8.46. The predicted octanol–water partition coefficient (Wildman–Crippen LogP) is 2.26. The third-order valence-electron chi connectivity index (χ3n) is 2.53. The molecule has 1 heterocycles. The molecular weight excluding hydrogens is 264 g/mol. The van der Waals surface area contributed by atoms with E-state index in [2.05, 4.69) is 47.6 Å². The molecule has 18 heavy (non-hydrogen) atoms. The molecule has 1 aromatic rings. The number of rotatable bonds is 5. The van der Waals surface area contributed by atoms with Crippen LogP contribution >= 0.6 is 23.1 Å². The highest BCUT2D eigenvalue weighted by Gasteiger charge is 2.16. The van der Waals surface area contributed by atoms with Crippen molar-refractivity contribution in [3.8, 4) is 0 Å². The van der Waals surface area contributed by atoms with Crippen LogP contribution < -0.4 is 10.6 Å². The molecule has 0 aliphatic carbocycles.